The van der Waals surface area contributed by atoms with Crippen LogP contribution in [0.3, 0.4) is 0 Å². The molecule has 1 amide bonds. The number of amides is 1. The van der Waals surface area contributed by atoms with Gasteiger partial charge in [0.25, 0.3) is 5.91 Å². The third-order valence-electron chi connectivity index (χ3n) is 4.31. The second-order valence-corrected chi connectivity index (χ2v) is 5.66. The van der Waals surface area contributed by atoms with Gasteiger partial charge in [-0.15, -0.1) is 0 Å². The summed E-state index contributed by atoms with van der Waals surface area (Å²) in [5.74, 6) is -0.905. The highest BCUT2D eigenvalue weighted by Crippen LogP contribution is 2.34. The number of carbonyl (C=O) groups is 1. The molecule has 0 saturated heterocycles. The summed E-state index contributed by atoms with van der Waals surface area (Å²) in [6, 6.07) is 5.39. The summed E-state index contributed by atoms with van der Waals surface area (Å²) in [5.41, 5.74) is -1.05. The normalized spacial score (nSPS) is 25.1. The number of hydrogen-bond donors (Lipinski definition) is 2. The van der Waals surface area contributed by atoms with Crippen LogP contribution in [0.15, 0.2) is 18.2 Å². The van der Waals surface area contributed by atoms with Gasteiger partial charge in [0.15, 0.2) is 0 Å². The Morgan fingerprint density at radius 2 is 2.19 bits per heavy atom. The van der Waals surface area contributed by atoms with Crippen LogP contribution in [0.1, 0.15) is 49.4 Å². The molecule has 2 rings (SSSR count). The van der Waals surface area contributed by atoms with Crippen molar-refractivity contribution in [1.82, 2.24) is 5.32 Å². The second-order valence-electron chi connectivity index (χ2n) is 5.66. The number of rotatable bonds is 3. The number of carbonyl (C=O) groups excluding carboxylic acids is 1. The summed E-state index contributed by atoms with van der Waals surface area (Å²) in [6.45, 7) is 2.12. The highest BCUT2D eigenvalue weighted by atomic mass is 19.1. The first kappa shape index (κ1) is 15.3. The molecule has 5 heteroatoms. The maximum Gasteiger partial charge on any atom is 0.256 e. The zero-order valence-corrected chi connectivity index (χ0v) is 12.0. The summed E-state index contributed by atoms with van der Waals surface area (Å²) in [5, 5.41) is 21.8. The van der Waals surface area contributed by atoms with Gasteiger partial charge in [0.1, 0.15) is 17.1 Å². The Morgan fingerprint density at radius 1 is 1.52 bits per heavy atom. The van der Waals surface area contributed by atoms with Crippen LogP contribution in [0.2, 0.25) is 0 Å². The third kappa shape index (κ3) is 3.33. The number of nitrogens with zero attached hydrogens (tertiary/aromatic N) is 1. The van der Waals surface area contributed by atoms with E-state index in [-0.39, 0.29) is 11.3 Å². The van der Waals surface area contributed by atoms with E-state index in [2.05, 4.69) is 18.3 Å². The van der Waals surface area contributed by atoms with Gasteiger partial charge in [-0.3, -0.25) is 4.79 Å². The molecule has 2 N–H and O–H groups in total. The van der Waals surface area contributed by atoms with Gasteiger partial charge in [-0.25, -0.2) is 4.39 Å². The van der Waals surface area contributed by atoms with Gasteiger partial charge < -0.3 is 10.4 Å². The molecule has 1 aliphatic carbocycles. The largest absolute Gasteiger partial charge is 0.507 e. The number of phenolic OH excluding ortho intramolecular Hbond substituents is 1. The average Bonchev–Trinajstić information content (AvgIpc) is 2.50. The van der Waals surface area contributed by atoms with E-state index in [1.165, 1.54) is 0 Å². The quantitative estimate of drug-likeness (QED) is 0.898. The van der Waals surface area contributed by atoms with Crippen molar-refractivity contribution in [3.05, 3.63) is 29.6 Å². The zero-order valence-electron chi connectivity index (χ0n) is 12.0. The van der Waals surface area contributed by atoms with Crippen molar-refractivity contribution in [2.45, 2.75) is 44.6 Å². The highest BCUT2D eigenvalue weighted by molar-refractivity contribution is 5.97. The Bertz CT molecular complexity index is 572. The minimum absolute atomic E-state index is 0.137. The monoisotopic (exact) mass is 290 g/mol. The Balaban J connectivity index is 2.14. The van der Waals surface area contributed by atoms with Crippen LogP contribution in [0.25, 0.3) is 0 Å². The molecule has 112 valence electrons. The van der Waals surface area contributed by atoms with Gasteiger partial charge >= 0.3 is 0 Å². The van der Waals surface area contributed by atoms with Crippen LogP contribution >= 0.6 is 0 Å². The van der Waals surface area contributed by atoms with Crippen LogP contribution in [0.4, 0.5) is 4.39 Å². The number of nitrogens with one attached hydrogen (secondary N) is 1. The van der Waals surface area contributed by atoms with Gasteiger partial charge in [0.2, 0.25) is 0 Å². The molecule has 0 unspecified atom stereocenters. The molecule has 1 aromatic rings. The fourth-order valence-corrected chi connectivity index (χ4v) is 2.82. The Kier molecular flexibility index (Phi) is 4.46. The highest BCUT2D eigenvalue weighted by Gasteiger charge is 2.37. The standard InChI is InChI=1S/C16H19FN2O2/c1-2-11-5-7-16(10-18,8-6-11)19-15(21)13-9-12(17)3-4-14(13)20/h3-4,9,11,20H,2,5-8H2,1H3,(H,19,21). The molecule has 0 spiro atoms. The van der Waals surface area contributed by atoms with E-state index in [1.807, 2.05) is 0 Å². The van der Waals surface area contributed by atoms with E-state index in [0.29, 0.717) is 18.8 Å². The first-order chi connectivity index (χ1) is 9.99. The molecule has 0 aliphatic heterocycles. The zero-order chi connectivity index (χ0) is 15.5. The number of benzene rings is 1. The first-order valence-electron chi connectivity index (χ1n) is 7.22. The lowest BCUT2D eigenvalue weighted by Crippen LogP contribution is -2.49. The molecule has 0 heterocycles. The lowest BCUT2D eigenvalue weighted by atomic mass is 9.76. The number of aromatic hydroxyl groups is 1. The summed E-state index contributed by atoms with van der Waals surface area (Å²) in [6.07, 6.45) is 4.02. The van der Waals surface area contributed by atoms with Crippen LogP contribution in [-0.2, 0) is 0 Å². The molecule has 1 aromatic carbocycles. The summed E-state index contributed by atoms with van der Waals surface area (Å²) in [4.78, 5) is 12.2. The van der Waals surface area contributed by atoms with Crippen LogP contribution < -0.4 is 5.32 Å². The van der Waals surface area contributed by atoms with Crippen molar-refractivity contribution in [2.75, 3.05) is 0 Å². The second kappa shape index (κ2) is 6.13. The summed E-state index contributed by atoms with van der Waals surface area (Å²) < 4.78 is 13.2. The topological polar surface area (TPSA) is 73.1 Å². The minimum Gasteiger partial charge on any atom is -0.507 e. The van der Waals surface area contributed by atoms with Gasteiger partial charge in [0, 0.05) is 0 Å². The lowest BCUT2D eigenvalue weighted by molar-refractivity contribution is 0.0888. The van der Waals surface area contributed by atoms with Crippen molar-refractivity contribution in [1.29, 1.82) is 5.26 Å². The molecule has 1 fully saturated rings. The molecular formula is C16H19FN2O2. The van der Waals surface area contributed by atoms with E-state index >= 15 is 0 Å². The van der Waals surface area contributed by atoms with E-state index in [0.717, 1.165) is 37.5 Å². The Morgan fingerprint density at radius 3 is 2.76 bits per heavy atom. The van der Waals surface area contributed by atoms with Gasteiger partial charge in [-0.1, -0.05) is 13.3 Å². The van der Waals surface area contributed by atoms with Gasteiger partial charge in [0.05, 0.1) is 11.6 Å². The summed E-state index contributed by atoms with van der Waals surface area (Å²) in [7, 11) is 0. The van der Waals surface area contributed by atoms with E-state index in [1.54, 1.807) is 0 Å². The Hall–Kier alpha value is -2.09. The molecule has 0 atom stereocenters. The number of halogens is 1. The SMILES string of the molecule is CCC1CCC(C#N)(NC(=O)c2cc(F)ccc2O)CC1. The molecule has 0 radical (unpaired) electrons. The van der Waals surface area contributed by atoms with Crippen LogP contribution in [0.5, 0.6) is 5.75 Å². The fraction of sp³-hybridized carbons (Fsp3) is 0.500. The van der Waals surface area contributed by atoms with Gasteiger partial charge in [-0.05, 0) is 49.8 Å². The average molecular weight is 290 g/mol. The molecule has 4 nitrogen and oxygen atoms in total. The van der Waals surface area contributed by atoms with Crippen molar-refractivity contribution in [2.24, 2.45) is 5.92 Å². The number of phenols is 1. The van der Waals surface area contributed by atoms with Crippen molar-refractivity contribution >= 4 is 5.91 Å². The first-order valence-corrected chi connectivity index (χ1v) is 7.22. The fourth-order valence-electron chi connectivity index (χ4n) is 2.82. The number of nitriles is 1. The van der Waals surface area contributed by atoms with Crippen molar-refractivity contribution in [3.63, 3.8) is 0 Å². The predicted molar refractivity (Wildman–Crippen MR) is 76.1 cm³/mol. The van der Waals surface area contributed by atoms with Crippen LogP contribution in [0, 0.1) is 23.1 Å². The Labute approximate surface area is 123 Å². The summed E-state index contributed by atoms with van der Waals surface area (Å²) >= 11 is 0. The predicted octanol–water partition coefficient (Wildman–Crippen LogP) is 3.12. The van der Waals surface area contributed by atoms with Gasteiger partial charge in [-0.2, -0.15) is 5.26 Å². The molecule has 21 heavy (non-hydrogen) atoms. The minimum atomic E-state index is -0.915. The van der Waals surface area contributed by atoms with Crippen molar-refractivity contribution in [3.8, 4) is 11.8 Å². The maximum atomic E-state index is 13.2. The molecular weight excluding hydrogens is 271 g/mol. The smallest absolute Gasteiger partial charge is 0.256 e. The molecule has 0 bridgehead atoms. The maximum absolute atomic E-state index is 13.2. The van der Waals surface area contributed by atoms with E-state index < -0.39 is 17.3 Å². The van der Waals surface area contributed by atoms with E-state index in [9.17, 15) is 19.6 Å². The third-order valence-corrected chi connectivity index (χ3v) is 4.31. The molecule has 0 aromatic heterocycles. The number of hydrogen-bond acceptors (Lipinski definition) is 3. The molecule has 1 aliphatic rings. The van der Waals surface area contributed by atoms with Crippen molar-refractivity contribution < 1.29 is 14.3 Å². The lowest BCUT2D eigenvalue weighted by Gasteiger charge is -2.35. The van der Waals surface area contributed by atoms with Crippen LogP contribution in [-0.4, -0.2) is 16.6 Å². The molecule has 1 saturated carbocycles. The van der Waals surface area contributed by atoms with E-state index in [4.69, 9.17) is 0 Å².